The predicted molar refractivity (Wildman–Crippen MR) is 67.2 cm³/mol. The number of hydrogen-bond acceptors (Lipinski definition) is 3. The van der Waals surface area contributed by atoms with Crippen LogP contribution in [-0.4, -0.2) is 16.8 Å². The summed E-state index contributed by atoms with van der Waals surface area (Å²) >= 11 is 0. The summed E-state index contributed by atoms with van der Waals surface area (Å²) in [6, 6.07) is 2.85. The fourth-order valence-corrected chi connectivity index (χ4v) is 1.44. The highest BCUT2D eigenvalue weighted by Crippen LogP contribution is 2.32. The quantitative estimate of drug-likeness (QED) is 0.876. The zero-order chi connectivity index (χ0) is 15.6. The first-order chi connectivity index (χ1) is 9.01. The SMILES string of the molecule is CC(C)(C)OC(=O)Nc1cc(CO)cc(C(F)(F)F)c1. The number of aliphatic hydroxyl groups excluding tert-OH is 1. The van der Waals surface area contributed by atoms with Gasteiger partial charge in [-0.1, -0.05) is 0 Å². The molecule has 0 fully saturated rings. The molecule has 2 N–H and O–H groups in total. The smallest absolute Gasteiger partial charge is 0.416 e. The summed E-state index contributed by atoms with van der Waals surface area (Å²) in [5.74, 6) is 0. The minimum atomic E-state index is -4.56. The largest absolute Gasteiger partial charge is 0.444 e. The van der Waals surface area contributed by atoms with Crippen LogP contribution in [0, 0.1) is 0 Å². The second-order valence-electron chi connectivity index (χ2n) is 5.20. The first-order valence-corrected chi connectivity index (χ1v) is 5.83. The van der Waals surface area contributed by atoms with Crippen molar-refractivity contribution < 1.29 is 27.8 Å². The van der Waals surface area contributed by atoms with Crippen molar-refractivity contribution >= 4 is 11.8 Å². The molecular formula is C13H16F3NO3. The first kappa shape index (κ1) is 16.3. The Balaban J connectivity index is 2.98. The van der Waals surface area contributed by atoms with Crippen LogP contribution in [0.5, 0.6) is 0 Å². The third kappa shape index (κ3) is 5.08. The molecule has 0 bridgehead atoms. The average molecular weight is 291 g/mol. The van der Waals surface area contributed by atoms with E-state index >= 15 is 0 Å². The molecule has 0 heterocycles. The molecule has 1 amide bonds. The van der Waals surface area contributed by atoms with Crippen molar-refractivity contribution in [3.63, 3.8) is 0 Å². The van der Waals surface area contributed by atoms with E-state index in [9.17, 15) is 18.0 Å². The fraction of sp³-hybridized carbons (Fsp3) is 0.462. The van der Waals surface area contributed by atoms with Crippen molar-refractivity contribution in [1.29, 1.82) is 0 Å². The van der Waals surface area contributed by atoms with Crippen LogP contribution in [-0.2, 0) is 17.5 Å². The molecule has 20 heavy (non-hydrogen) atoms. The first-order valence-electron chi connectivity index (χ1n) is 5.83. The van der Waals surface area contributed by atoms with Crippen molar-refractivity contribution in [2.24, 2.45) is 0 Å². The topological polar surface area (TPSA) is 58.6 Å². The van der Waals surface area contributed by atoms with Crippen molar-refractivity contribution in [2.75, 3.05) is 5.32 Å². The van der Waals surface area contributed by atoms with E-state index in [4.69, 9.17) is 9.84 Å². The molecule has 1 aromatic rings. The Morgan fingerprint density at radius 2 is 1.85 bits per heavy atom. The maximum absolute atomic E-state index is 12.7. The Morgan fingerprint density at radius 1 is 1.25 bits per heavy atom. The van der Waals surface area contributed by atoms with E-state index in [0.717, 1.165) is 12.1 Å². The van der Waals surface area contributed by atoms with Crippen LogP contribution in [0.2, 0.25) is 0 Å². The van der Waals surface area contributed by atoms with Gasteiger partial charge in [-0.25, -0.2) is 4.79 Å². The van der Waals surface area contributed by atoms with Gasteiger partial charge in [-0.15, -0.1) is 0 Å². The lowest BCUT2D eigenvalue weighted by atomic mass is 10.1. The number of carbonyl (C=O) groups excluding carboxylic acids is 1. The van der Waals surface area contributed by atoms with Gasteiger partial charge in [-0.3, -0.25) is 5.32 Å². The zero-order valence-corrected chi connectivity index (χ0v) is 11.3. The van der Waals surface area contributed by atoms with Crippen LogP contribution < -0.4 is 5.32 Å². The number of alkyl halides is 3. The number of hydrogen-bond donors (Lipinski definition) is 2. The van der Waals surface area contributed by atoms with E-state index in [1.165, 1.54) is 6.07 Å². The summed E-state index contributed by atoms with van der Waals surface area (Å²) in [5.41, 5.74) is -1.75. The summed E-state index contributed by atoms with van der Waals surface area (Å²) < 4.78 is 42.9. The lowest BCUT2D eigenvalue weighted by Crippen LogP contribution is -2.27. The second kappa shape index (κ2) is 5.70. The number of benzene rings is 1. The summed E-state index contributed by atoms with van der Waals surface area (Å²) in [7, 11) is 0. The van der Waals surface area contributed by atoms with E-state index in [2.05, 4.69) is 5.32 Å². The molecule has 7 heteroatoms. The zero-order valence-electron chi connectivity index (χ0n) is 11.3. The van der Waals surface area contributed by atoms with Gasteiger partial charge < -0.3 is 9.84 Å². The Bertz CT molecular complexity index is 493. The molecule has 0 unspecified atom stereocenters. The van der Waals surface area contributed by atoms with Gasteiger partial charge in [0.05, 0.1) is 12.2 Å². The van der Waals surface area contributed by atoms with Crippen LogP contribution in [0.25, 0.3) is 0 Å². The van der Waals surface area contributed by atoms with Crippen LogP contribution >= 0.6 is 0 Å². The molecule has 0 aliphatic carbocycles. The van der Waals surface area contributed by atoms with Gasteiger partial charge in [0, 0.05) is 5.69 Å². The minimum Gasteiger partial charge on any atom is -0.444 e. The summed E-state index contributed by atoms with van der Waals surface area (Å²) in [5, 5.41) is 11.2. The maximum atomic E-state index is 12.7. The number of halogens is 3. The molecule has 1 aromatic carbocycles. The van der Waals surface area contributed by atoms with Gasteiger partial charge in [-0.2, -0.15) is 13.2 Å². The highest BCUT2D eigenvalue weighted by molar-refractivity contribution is 5.85. The molecule has 1 rings (SSSR count). The minimum absolute atomic E-state index is 0.0471. The highest BCUT2D eigenvalue weighted by Gasteiger charge is 2.31. The van der Waals surface area contributed by atoms with E-state index in [1.54, 1.807) is 20.8 Å². The number of anilines is 1. The molecule has 4 nitrogen and oxygen atoms in total. The Kier molecular flexibility index (Phi) is 4.65. The molecule has 0 atom stereocenters. The monoisotopic (exact) mass is 291 g/mol. The number of carbonyl (C=O) groups is 1. The third-order valence-corrected chi connectivity index (χ3v) is 2.15. The molecule has 0 aromatic heterocycles. The van der Waals surface area contributed by atoms with Crippen molar-refractivity contribution in [1.82, 2.24) is 0 Å². The van der Waals surface area contributed by atoms with Gasteiger partial charge >= 0.3 is 12.3 Å². The normalized spacial score (nSPS) is 12.2. The summed E-state index contributed by atoms with van der Waals surface area (Å²) in [6.45, 7) is 4.35. The molecule has 0 saturated heterocycles. The predicted octanol–water partition coefficient (Wildman–Crippen LogP) is 3.54. The number of rotatable bonds is 2. The molecular weight excluding hydrogens is 275 g/mol. The van der Waals surface area contributed by atoms with Gasteiger partial charge in [-0.05, 0) is 44.5 Å². The molecule has 0 aliphatic heterocycles. The fourth-order valence-electron chi connectivity index (χ4n) is 1.44. The standard InChI is InChI=1S/C13H16F3NO3/c1-12(2,3)20-11(19)17-10-5-8(7-18)4-9(6-10)13(14,15)16/h4-6,18H,7H2,1-3H3,(H,17,19). The van der Waals surface area contributed by atoms with E-state index in [1.807, 2.05) is 0 Å². The Labute approximate surface area is 114 Å². The number of nitrogens with one attached hydrogen (secondary N) is 1. The van der Waals surface area contributed by atoms with Crippen LogP contribution in [0.4, 0.5) is 23.7 Å². The number of ether oxygens (including phenoxy) is 1. The van der Waals surface area contributed by atoms with Crippen LogP contribution in [0.1, 0.15) is 31.9 Å². The van der Waals surface area contributed by atoms with Crippen molar-refractivity contribution in [3.8, 4) is 0 Å². The second-order valence-corrected chi connectivity index (χ2v) is 5.20. The molecule has 0 aliphatic rings. The lowest BCUT2D eigenvalue weighted by molar-refractivity contribution is -0.137. The molecule has 0 saturated carbocycles. The van der Waals surface area contributed by atoms with Crippen LogP contribution in [0.3, 0.4) is 0 Å². The summed E-state index contributed by atoms with van der Waals surface area (Å²) in [6.07, 6.45) is -5.42. The van der Waals surface area contributed by atoms with Gasteiger partial charge in [0.2, 0.25) is 0 Å². The molecule has 112 valence electrons. The van der Waals surface area contributed by atoms with Crippen LogP contribution in [0.15, 0.2) is 18.2 Å². The van der Waals surface area contributed by atoms with E-state index in [0.29, 0.717) is 0 Å². The Hall–Kier alpha value is -1.76. The Morgan fingerprint density at radius 3 is 2.30 bits per heavy atom. The van der Waals surface area contributed by atoms with Crippen molar-refractivity contribution in [2.45, 2.75) is 39.2 Å². The molecule has 0 spiro atoms. The maximum Gasteiger partial charge on any atom is 0.416 e. The van der Waals surface area contributed by atoms with Gasteiger partial charge in [0.15, 0.2) is 0 Å². The lowest BCUT2D eigenvalue weighted by Gasteiger charge is -2.20. The van der Waals surface area contributed by atoms with E-state index < -0.39 is 30.0 Å². The number of amides is 1. The molecule has 0 radical (unpaired) electrons. The van der Waals surface area contributed by atoms with Gasteiger partial charge in [0.1, 0.15) is 5.60 Å². The van der Waals surface area contributed by atoms with E-state index in [-0.39, 0.29) is 11.3 Å². The number of aliphatic hydroxyl groups is 1. The van der Waals surface area contributed by atoms with Crippen molar-refractivity contribution in [3.05, 3.63) is 29.3 Å². The average Bonchev–Trinajstić information content (AvgIpc) is 2.24. The summed E-state index contributed by atoms with van der Waals surface area (Å²) in [4.78, 5) is 11.5. The third-order valence-electron chi connectivity index (χ3n) is 2.15. The highest BCUT2D eigenvalue weighted by atomic mass is 19.4. The van der Waals surface area contributed by atoms with Gasteiger partial charge in [0.25, 0.3) is 0 Å².